The van der Waals surface area contributed by atoms with Crippen LogP contribution in [0.2, 0.25) is 0 Å². The summed E-state index contributed by atoms with van der Waals surface area (Å²) in [4.78, 5) is 5.03. The minimum Gasteiger partial charge on any atom is -0.484 e. The molecular weight excluding hydrogens is 483 g/mol. The van der Waals surface area contributed by atoms with Gasteiger partial charge in [0.2, 0.25) is 0 Å². The molecule has 3 nitrogen and oxygen atoms in total. The zero-order valence-electron chi connectivity index (χ0n) is 22.2. The van der Waals surface area contributed by atoms with E-state index >= 15 is 0 Å². The van der Waals surface area contributed by atoms with Gasteiger partial charge in [-0.05, 0) is 52.9 Å². The number of halogens is 1. The van der Waals surface area contributed by atoms with Gasteiger partial charge in [0.1, 0.15) is 23.5 Å². The molecule has 0 fully saturated rings. The van der Waals surface area contributed by atoms with Gasteiger partial charge in [0.05, 0.1) is 22.3 Å². The Hall–Kier alpha value is -4.44. The fourth-order valence-corrected chi connectivity index (χ4v) is 5.77. The van der Waals surface area contributed by atoms with Crippen LogP contribution in [-0.2, 0) is 5.41 Å². The number of hydrogen-bond donors (Lipinski definition) is 0. The molecule has 4 aromatic carbocycles. The summed E-state index contributed by atoms with van der Waals surface area (Å²) < 4.78 is 23.1. The Balaban J connectivity index is 1.53. The predicted octanol–water partition coefficient (Wildman–Crippen LogP) is 8.77. The third-order valence-corrected chi connectivity index (χ3v) is 7.79. The third kappa shape index (κ3) is 3.90. The maximum Gasteiger partial charge on any atom is 0.149 e. The summed E-state index contributed by atoms with van der Waals surface area (Å²) >= 11 is 0. The van der Waals surface area contributed by atoms with Gasteiger partial charge in [0.25, 0.3) is 0 Å². The van der Waals surface area contributed by atoms with Gasteiger partial charge >= 0.3 is 0 Å². The number of benzene rings is 4. The molecule has 5 aromatic rings. The largest absolute Gasteiger partial charge is 0.484 e. The molecule has 4 heteroatoms. The van der Waals surface area contributed by atoms with E-state index in [1.54, 1.807) is 0 Å². The first kappa shape index (κ1) is 23.7. The second-order valence-electron chi connectivity index (χ2n) is 11.4. The van der Waals surface area contributed by atoms with Crippen molar-refractivity contribution in [1.29, 1.82) is 0 Å². The molecule has 0 radical (unpaired) electrons. The highest BCUT2D eigenvalue weighted by Crippen LogP contribution is 2.47. The normalized spacial score (nSPS) is 17.7. The smallest absolute Gasteiger partial charge is 0.149 e. The molecule has 1 aromatic heterocycles. The molecule has 0 saturated heterocycles. The highest BCUT2D eigenvalue weighted by Gasteiger charge is 2.35. The van der Waals surface area contributed by atoms with E-state index in [-0.39, 0.29) is 23.3 Å². The Morgan fingerprint density at radius 1 is 0.821 bits per heavy atom. The molecule has 2 heterocycles. The SMILES string of the molecule is CC(C)(C)c1ccc(-n2c(-c3cccc4c3OC3C=CC=CC43)nc3cc(F)ccc32)c(-c2ccccc2)c1. The van der Waals surface area contributed by atoms with Crippen LogP contribution < -0.4 is 4.74 Å². The highest BCUT2D eigenvalue weighted by molar-refractivity contribution is 5.88. The standard InChI is InChI=1S/C35H29FN2O/c1-35(2,3)23-16-18-30(28(20-23)22-10-5-4-6-11-22)38-31-19-17-24(36)21-29(31)37-34(38)27-14-9-13-26-25-12-7-8-15-32(25)39-33(26)27/h4-21,25,32H,1-3H3. The predicted molar refractivity (Wildman–Crippen MR) is 156 cm³/mol. The second-order valence-corrected chi connectivity index (χ2v) is 11.4. The fourth-order valence-electron chi connectivity index (χ4n) is 5.77. The van der Waals surface area contributed by atoms with Crippen molar-refractivity contribution in [3.8, 4) is 34.0 Å². The van der Waals surface area contributed by atoms with E-state index in [0.29, 0.717) is 5.52 Å². The Morgan fingerprint density at radius 3 is 2.46 bits per heavy atom. The molecular formula is C35H29FN2O. The topological polar surface area (TPSA) is 27.1 Å². The van der Waals surface area contributed by atoms with E-state index in [4.69, 9.17) is 9.72 Å². The molecule has 0 bridgehead atoms. The summed E-state index contributed by atoms with van der Waals surface area (Å²) in [5.74, 6) is 1.44. The monoisotopic (exact) mass is 512 g/mol. The van der Waals surface area contributed by atoms with Crippen LogP contribution in [0.15, 0.2) is 109 Å². The lowest BCUT2D eigenvalue weighted by molar-refractivity contribution is 0.269. The summed E-state index contributed by atoms with van der Waals surface area (Å²) in [6.45, 7) is 6.68. The average Bonchev–Trinajstić information content (AvgIpc) is 3.51. The molecule has 1 aliphatic carbocycles. The first-order valence-electron chi connectivity index (χ1n) is 13.4. The van der Waals surface area contributed by atoms with Crippen LogP contribution in [0.4, 0.5) is 4.39 Å². The molecule has 0 amide bonds. The van der Waals surface area contributed by atoms with Crippen LogP contribution in [0, 0.1) is 5.82 Å². The zero-order valence-corrected chi connectivity index (χ0v) is 22.2. The molecule has 39 heavy (non-hydrogen) atoms. The third-order valence-electron chi connectivity index (χ3n) is 7.79. The molecule has 2 unspecified atom stereocenters. The summed E-state index contributed by atoms with van der Waals surface area (Å²) in [6.07, 6.45) is 8.37. The van der Waals surface area contributed by atoms with E-state index in [1.165, 1.54) is 17.7 Å². The van der Waals surface area contributed by atoms with Crippen molar-refractivity contribution in [2.24, 2.45) is 0 Å². The van der Waals surface area contributed by atoms with Gasteiger partial charge in [-0.1, -0.05) is 87.5 Å². The molecule has 7 rings (SSSR count). The van der Waals surface area contributed by atoms with Crippen molar-refractivity contribution in [2.75, 3.05) is 0 Å². The summed E-state index contributed by atoms with van der Waals surface area (Å²) in [7, 11) is 0. The zero-order chi connectivity index (χ0) is 26.7. The molecule has 2 atom stereocenters. The van der Waals surface area contributed by atoms with Crippen molar-refractivity contribution in [1.82, 2.24) is 9.55 Å². The fraction of sp³-hybridized carbons (Fsp3) is 0.171. The van der Waals surface area contributed by atoms with Gasteiger partial charge in [0.15, 0.2) is 0 Å². The molecule has 0 saturated carbocycles. The number of nitrogens with zero attached hydrogens (tertiary/aromatic N) is 2. The van der Waals surface area contributed by atoms with Gasteiger partial charge in [-0.15, -0.1) is 0 Å². The van der Waals surface area contributed by atoms with Gasteiger partial charge in [-0.25, -0.2) is 9.37 Å². The van der Waals surface area contributed by atoms with E-state index < -0.39 is 0 Å². The van der Waals surface area contributed by atoms with Crippen molar-refractivity contribution in [3.63, 3.8) is 0 Å². The maximum absolute atomic E-state index is 14.4. The number of aromatic nitrogens is 2. The lowest BCUT2D eigenvalue weighted by Crippen LogP contribution is -2.15. The maximum atomic E-state index is 14.4. The lowest BCUT2D eigenvalue weighted by Gasteiger charge is -2.23. The summed E-state index contributed by atoms with van der Waals surface area (Å²) in [5, 5.41) is 0. The summed E-state index contributed by atoms with van der Waals surface area (Å²) in [5.41, 5.74) is 7.94. The lowest BCUT2D eigenvalue weighted by atomic mass is 9.85. The van der Waals surface area contributed by atoms with Crippen LogP contribution in [0.3, 0.4) is 0 Å². The van der Waals surface area contributed by atoms with E-state index in [9.17, 15) is 4.39 Å². The number of hydrogen-bond acceptors (Lipinski definition) is 2. The molecule has 1 aliphatic heterocycles. The first-order chi connectivity index (χ1) is 18.9. The number of para-hydroxylation sites is 1. The Kier molecular flexibility index (Phi) is 5.34. The Morgan fingerprint density at radius 2 is 1.64 bits per heavy atom. The van der Waals surface area contributed by atoms with Gasteiger partial charge < -0.3 is 4.74 Å². The molecule has 192 valence electrons. The average molecular weight is 513 g/mol. The van der Waals surface area contributed by atoms with Crippen molar-refractivity contribution >= 4 is 11.0 Å². The van der Waals surface area contributed by atoms with E-state index in [0.717, 1.165) is 45.0 Å². The van der Waals surface area contributed by atoms with Crippen LogP contribution in [-0.4, -0.2) is 15.7 Å². The number of rotatable bonds is 3. The number of ether oxygens (including phenoxy) is 1. The van der Waals surface area contributed by atoms with Crippen LogP contribution >= 0.6 is 0 Å². The minimum absolute atomic E-state index is 0.0174. The Labute approximate surface area is 227 Å². The Bertz CT molecular complexity index is 1790. The number of fused-ring (bicyclic) bond motifs is 4. The van der Waals surface area contributed by atoms with Crippen molar-refractivity contribution < 1.29 is 9.13 Å². The van der Waals surface area contributed by atoms with Gasteiger partial charge in [-0.2, -0.15) is 0 Å². The second kappa shape index (κ2) is 8.81. The van der Waals surface area contributed by atoms with Crippen molar-refractivity contribution in [2.45, 2.75) is 38.2 Å². The number of imidazole rings is 1. The summed E-state index contributed by atoms with van der Waals surface area (Å²) in [6, 6.07) is 28.2. The van der Waals surface area contributed by atoms with Crippen LogP contribution in [0.5, 0.6) is 5.75 Å². The molecule has 0 spiro atoms. The minimum atomic E-state index is -0.305. The van der Waals surface area contributed by atoms with Gasteiger partial charge in [0, 0.05) is 23.1 Å². The first-order valence-corrected chi connectivity index (χ1v) is 13.4. The van der Waals surface area contributed by atoms with Crippen LogP contribution in [0.25, 0.3) is 39.2 Å². The highest BCUT2D eigenvalue weighted by atomic mass is 19.1. The van der Waals surface area contributed by atoms with E-state index in [1.807, 2.05) is 18.2 Å². The van der Waals surface area contributed by atoms with Gasteiger partial charge in [-0.3, -0.25) is 4.57 Å². The van der Waals surface area contributed by atoms with E-state index in [2.05, 4.69) is 104 Å². The molecule has 2 aliphatic rings. The molecule has 0 N–H and O–H groups in total. The number of allylic oxidation sites excluding steroid dienone is 2. The quantitative estimate of drug-likeness (QED) is 0.242. The van der Waals surface area contributed by atoms with Crippen molar-refractivity contribution in [3.05, 3.63) is 126 Å². The van der Waals surface area contributed by atoms with Crippen LogP contribution in [0.1, 0.15) is 37.8 Å².